The summed E-state index contributed by atoms with van der Waals surface area (Å²) < 4.78 is 10.8. The van der Waals surface area contributed by atoms with Gasteiger partial charge >= 0.3 is 0 Å². The van der Waals surface area contributed by atoms with Gasteiger partial charge in [-0.3, -0.25) is 0 Å². The zero-order valence-electron chi connectivity index (χ0n) is 12.5. The van der Waals surface area contributed by atoms with E-state index in [2.05, 4.69) is 24.0 Å². The van der Waals surface area contributed by atoms with E-state index in [9.17, 15) is 0 Å². The highest BCUT2D eigenvalue weighted by Gasteiger charge is 2.39. The van der Waals surface area contributed by atoms with Gasteiger partial charge in [0.15, 0.2) is 5.82 Å². The molecule has 1 saturated carbocycles. The molecular formula is C15H25N3O2. The van der Waals surface area contributed by atoms with Gasteiger partial charge in [-0.05, 0) is 43.9 Å². The van der Waals surface area contributed by atoms with Gasteiger partial charge in [0.1, 0.15) is 5.54 Å². The monoisotopic (exact) mass is 279 g/mol. The molecule has 2 aliphatic rings. The zero-order chi connectivity index (χ0) is 14.2. The van der Waals surface area contributed by atoms with Crippen LogP contribution in [0.1, 0.15) is 63.6 Å². The van der Waals surface area contributed by atoms with Crippen molar-refractivity contribution in [2.75, 3.05) is 13.2 Å². The lowest BCUT2D eigenvalue weighted by atomic mass is 9.77. The minimum absolute atomic E-state index is 0.438. The Morgan fingerprint density at radius 3 is 2.60 bits per heavy atom. The van der Waals surface area contributed by atoms with Crippen LogP contribution in [0.4, 0.5) is 0 Å². The predicted octanol–water partition coefficient (Wildman–Crippen LogP) is 2.57. The van der Waals surface area contributed by atoms with Crippen LogP contribution in [-0.2, 0) is 10.3 Å². The number of aromatic nitrogens is 2. The van der Waals surface area contributed by atoms with Crippen LogP contribution in [0.3, 0.4) is 0 Å². The smallest absolute Gasteiger partial charge is 0.249 e. The first-order valence-electron chi connectivity index (χ1n) is 7.79. The molecule has 3 rings (SSSR count). The van der Waals surface area contributed by atoms with Gasteiger partial charge < -0.3 is 15.0 Å². The van der Waals surface area contributed by atoms with Crippen LogP contribution in [-0.4, -0.2) is 23.4 Å². The molecule has 5 nitrogen and oxygen atoms in total. The van der Waals surface area contributed by atoms with Crippen LogP contribution in [0.2, 0.25) is 0 Å². The second kappa shape index (κ2) is 5.45. The van der Waals surface area contributed by atoms with Crippen molar-refractivity contribution in [2.45, 2.75) is 57.4 Å². The minimum Gasteiger partial charge on any atom is -0.379 e. The van der Waals surface area contributed by atoms with Crippen LogP contribution in [0, 0.1) is 11.8 Å². The van der Waals surface area contributed by atoms with E-state index in [-0.39, 0.29) is 0 Å². The molecule has 0 aromatic carbocycles. The van der Waals surface area contributed by atoms with Crippen molar-refractivity contribution in [1.29, 1.82) is 0 Å². The Labute approximate surface area is 120 Å². The van der Waals surface area contributed by atoms with E-state index < -0.39 is 5.54 Å². The van der Waals surface area contributed by atoms with Crippen molar-refractivity contribution < 1.29 is 9.26 Å². The highest BCUT2D eigenvalue weighted by Crippen LogP contribution is 2.38. The largest absolute Gasteiger partial charge is 0.379 e. The highest BCUT2D eigenvalue weighted by atomic mass is 16.5. The Hall–Kier alpha value is -0.940. The molecule has 1 atom stereocenters. The number of hydrogen-bond acceptors (Lipinski definition) is 5. The second-order valence-corrected chi connectivity index (χ2v) is 6.77. The molecule has 2 fully saturated rings. The van der Waals surface area contributed by atoms with Gasteiger partial charge in [0.05, 0.1) is 6.61 Å². The lowest BCUT2D eigenvalue weighted by Gasteiger charge is -2.29. The van der Waals surface area contributed by atoms with Gasteiger partial charge in [-0.15, -0.1) is 0 Å². The molecule has 2 N–H and O–H groups in total. The van der Waals surface area contributed by atoms with Crippen molar-refractivity contribution in [1.82, 2.24) is 10.1 Å². The number of rotatable bonds is 3. The van der Waals surface area contributed by atoms with E-state index in [1.807, 2.05) is 0 Å². The van der Waals surface area contributed by atoms with Gasteiger partial charge in [-0.2, -0.15) is 4.98 Å². The first-order valence-corrected chi connectivity index (χ1v) is 7.79. The molecule has 0 radical (unpaired) electrons. The molecule has 1 aliphatic carbocycles. The van der Waals surface area contributed by atoms with Gasteiger partial charge in [0, 0.05) is 12.5 Å². The average Bonchev–Trinajstić information content (AvgIpc) is 3.08. The first-order chi connectivity index (χ1) is 9.58. The zero-order valence-corrected chi connectivity index (χ0v) is 12.5. The molecular weight excluding hydrogens is 254 g/mol. The molecule has 0 spiro atoms. The lowest BCUT2D eigenvalue weighted by molar-refractivity contribution is 0.166. The minimum atomic E-state index is -0.569. The highest BCUT2D eigenvalue weighted by molar-refractivity contribution is 5.07. The Morgan fingerprint density at radius 2 is 2.00 bits per heavy atom. The quantitative estimate of drug-likeness (QED) is 0.920. The van der Waals surface area contributed by atoms with Crippen LogP contribution in [0.15, 0.2) is 4.52 Å². The SMILES string of the molecule is CC(C)C1CCC(c2noc(C3(N)CCOC3)n2)CC1. The number of ether oxygens (including phenoxy) is 1. The first kappa shape index (κ1) is 14.0. The molecule has 1 aromatic heterocycles. The topological polar surface area (TPSA) is 74.2 Å². The Morgan fingerprint density at radius 1 is 1.25 bits per heavy atom. The predicted molar refractivity (Wildman–Crippen MR) is 75.1 cm³/mol. The third kappa shape index (κ3) is 2.61. The molecule has 0 amide bonds. The van der Waals surface area contributed by atoms with E-state index >= 15 is 0 Å². The maximum Gasteiger partial charge on any atom is 0.249 e. The fourth-order valence-corrected chi connectivity index (χ4v) is 3.40. The van der Waals surface area contributed by atoms with Gasteiger partial charge in [-0.1, -0.05) is 19.0 Å². The summed E-state index contributed by atoms with van der Waals surface area (Å²) in [6.07, 6.45) is 5.62. The van der Waals surface area contributed by atoms with Crippen LogP contribution in [0.5, 0.6) is 0 Å². The Kier molecular flexibility index (Phi) is 3.82. The maximum atomic E-state index is 6.26. The number of nitrogens with two attached hydrogens (primary N) is 1. The number of hydrogen-bond donors (Lipinski definition) is 1. The standard InChI is InChI=1S/C15H25N3O2/c1-10(2)11-3-5-12(6-4-11)13-17-14(20-18-13)15(16)7-8-19-9-15/h10-12H,3-9,16H2,1-2H3. The van der Waals surface area contributed by atoms with Crippen molar-refractivity contribution >= 4 is 0 Å². The van der Waals surface area contributed by atoms with Crippen LogP contribution in [0.25, 0.3) is 0 Å². The third-order valence-corrected chi connectivity index (χ3v) is 5.00. The summed E-state index contributed by atoms with van der Waals surface area (Å²) in [5, 5.41) is 4.18. The van der Waals surface area contributed by atoms with Crippen molar-refractivity contribution in [3.05, 3.63) is 11.7 Å². The third-order valence-electron chi connectivity index (χ3n) is 5.00. The van der Waals surface area contributed by atoms with Crippen molar-refractivity contribution in [3.8, 4) is 0 Å². The maximum absolute atomic E-state index is 6.26. The molecule has 5 heteroatoms. The normalized spacial score (nSPS) is 34.8. The number of nitrogens with zero attached hydrogens (tertiary/aromatic N) is 2. The summed E-state index contributed by atoms with van der Waals surface area (Å²) in [6.45, 7) is 5.79. The van der Waals surface area contributed by atoms with E-state index in [0.29, 0.717) is 25.0 Å². The van der Waals surface area contributed by atoms with Crippen LogP contribution < -0.4 is 5.73 Å². The van der Waals surface area contributed by atoms with E-state index in [1.54, 1.807) is 0 Å². The summed E-state index contributed by atoms with van der Waals surface area (Å²) in [7, 11) is 0. The molecule has 1 unspecified atom stereocenters. The second-order valence-electron chi connectivity index (χ2n) is 6.77. The van der Waals surface area contributed by atoms with E-state index in [0.717, 1.165) is 36.9 Å². The molecule has 1 aromatic rings. The summed E-state index contributed by atoms with van der Waals surface area (Å²) in [6, 6.07) is 0. The summed E-state index contributed by atoms with van der Waals surface area (Å²) in [4.78, 5) is 4.57. The Balaban J connectivity index is 1.66. The fourth-order valence-electron chi connectivity index (χ4n) is 3.40. The van der Waals surface area contributed by atoms with E-state index in [4.69, 9.17) is 15.0 Å². The summed E-state index contributed by atoms with van der Waals surface area (Å²) in [5.41, 5.74) is 5.69. The molecule has 1 saturated heterocycles. The molecule has 1 aliphatic heterocycles. The molecule has 20 heavy (non-hydrogen) atoms. The average molecular weight is 279 g/mol. The molecule has 2 heterocycles. The van der Waals surface area contributed by atoms with Gasteiger partial charge in [-0.25, -0.2) is 0 Å². The fraction of sp³-hybridized carbons (Fsp3) is 0.867. The Bertz CT molecular complexity index is 444. The van der Waals surface area contributed by atoms with Crippen molar-refractivity contribution in [2.24, 2.45) is 17.6 Å². The van der Waals surface area contributed by atoms with Crippen molar-refractivity contribution in [3.63, 3.8) is 0 Å². The molecule has 112 valence electrons. The van der Waals surface area contributed by atoms with Crippen LogP contribution >= 0.6 is 0 Å². The lowest BCUT2D eigenvalue weighted by Crippen LogP contribution is -2.37. The van der Waals surface area contributed by atoms with E-state index in [1.165, 1.54) is 12.8 Å². The summed E-state index contributed by atoms with van der Waals surface area (Å²) >= 11 is 0. The summed E-state index contributed by atoms with van der Waals surface area (Å²) in [5.74, 6) is 3.46. The van der Waals surface area contributed by atoms with Gasteiger partial charge in [0.25, 0.3) is 0 Å². The molecule has 0 bridgehead atoms. The van der Waals surface area contributed by atoms with Gasteiger partial charge in [0.2, 0.25) is 5.89 Å².